The van der Waals surface area contributed by atoms with Crippen LogP contribution in [0.4, 0.5) is 19.4 Å². The molecule has 0 saturated carbocycles. The van der Waals surface area contributed by atoms with E-state index in [1.807, 2.05) is 0 Å². The third-order valence-corrected chi connectivity index (χ3v) is 6.80. The van der Waals surface area contributed by atoms with Gasteiger partial charge in [0.25, 0.3) is 11.5 Å². The third-order valence-electron chi connectivity index (χ3n) is 6.80. The van der Waals surface area contributed by atoms with E-state index in [4.69, 9.17) is 9.47 Å². The summed E-state index contributed by atoms with van der Waals surface area (Å²) in [5.74, 6) is -1.77. The molecule has 2 N–H and O–H groups in total. The number of allylic oxidation sites excluding steroid dienone is 4. The number of hydrogen-bond acceptors (Lipinski definition) is 6. The molecule has 11 nitrogen and oxygen atoms in total. The molecule has 0 bridgehead atoms. The first-order chi connectivity index (χ1) is 19.7. The second-order valence-corrected chi connectivity index (χ2v) is 9.44. The van der Waals surface area contributed by atoms with Crippen LogP contribution in [0.1, 0.15) is 22.5 Å². The number of carbonyl (C=O) groups excluding carboxylic acids is 2. The Bertz CT molecular complexity index is 1590. The normalized spacial score (nSPS) is 17.2. The van der Waals surface area contributed by atoms with Gasteiger partial charge in [-0.1, -0.05) is 18.2 Å². The monoisotopic (exact) mass is 566 g/mol. The van der Waals surface area contributed by atoms with Crippen LogP contribution in [0.3, 0.4) is 0 Å². The van der Waals surface area contributed by atoms with Gasteiger partial charge in [0.15, 0.2) is 6.17 Å². The molecule has 1 aliphatic heterocycles. The molecule has 3 amide bonds. The number of rotatable bonds is 6. The number of pyridine rings is 1. The lowest BCUT2D eigenvalue weighted by Crippen LogP contribution is -2.43. The Morgan fingerprint density at radius 1 is 1.12 bits per heavy atom. The molecular weight excluding hydrogens is 538 g/mol. The Balaban J connectivity index is 1.30. The van der Waals surface area contributed by atoms with Crippen LogP contribution in [0, 0.1) is 6.92 Å². The lowest BCUT2D eigenvalue weighted by atomic mass is 10.1. The average Bonchev–Trinajstić information content (AvgIpc) is 3.19. The molecule has 0 radical (unpaired) electrons. The molecule has 5 rings (SSSR count). The molecule has 13 heteroatoms. The Morgan fingerprint density at radius 3 is 2.59 bits per heavy atom. The molecule has 1 aromatic carbocycles. The van der Waals surface area contributed by atoms with E-state index in [9.17, 15) is 14.4 Å². The maximum Gasteiger partial charge on any atom is 0.323 e. The van der Waals surface area contributed by atoms with Gasteiger partial charge in [0.2, 0.25) is 0 Å². The Labute approximate surface area is 233 Å². The second-order valence-electron chi connectivity index (χ2n) is 9.44. The van der Waals surface area contributed by atoms with E-state index < -0.39 is 29.9 Å². The lowest BCUT2D eigenvalue weighted by molar-refractivity contribution is 0.0564. The van der Waals surface area contributed by atoms with E-state index in [1.165, 1.54) is 27.7 Å². The minimum atomic E-state index is -1.79. The number of urea groups is 1. The van der Waals surface area contributed by atoms with Gasteiger partial charge in [0.05, 0.1) is 30.3 Å². The summed E-state index contributed by atoms with van der Waals surface area (Å²) in [4.78, 5) is 44.2. The van der Waals surface area contributed by atoms with E-state index >= 15 is 8.78 Å². The summed E-state index contributed by atoms with van der Waals surface area (Å²) < 4.78 is 43.8. The molecule has 1 saturated heterocycles. The number of halogens is 2. The van der Waals surface area contributed by atoms with Gasteiger partial charge >= 0.3 is 6.03 Å². The SMILES string of the molecule is Cc1c(C(=O)NC2=C(F)C=C(Oc3ccnc(NC(=O)N4CCOCC4)c3)C(F)C2)c(=O)n(-c2ccccc2)n1C. The van der Waals surface area contributed by atoms with Crippen LogP contribution in [-0.4, -0.2) is 63.7 Å². The minimum absolute atomic E-state index is 0.132. The highest BCUT2D eigenvalue weighted by Gasteiger charge is 2.29. The first kappa shape index (κ1) is 27.8. The van der Waals surface area contributed by atoms with Gasteiger partial charge in [-0.15, -0.1) is 0 Å². The fraction of sp³-hybridized carbons (Fsp3) is 0.286. The average molecular weight is 567 g/mol. The van der Waals surface area contributed by atoms with Crippen LogP contribution in [-0.2, 0) is 11.8 Å². The van der Waals surface area contributed by atoms with Crippen molar-refractivity contribution in [1.82, 2.24) is 24.6 Å². The number of nitrogens with zero attached hydrogens (tertiary/aromatic N) is 4. The number of alkyl halides is 1. The number of aromatic nitrogens is 3. The molecule has 1 aliphatic carbocycles. The molecule has 41 heavy (non-hydrogen) atoms. The summed E-state index contributed by atoms with van der Waals surface area (Å²) in [5, 5.41) is 5.01. The van der Waals surface area contributed by atoms with E-state index in [2.05, 4.69) is 15.6 Å². The number of anilines is 1. The second kappa shape index (κ2) is 11.8. The van der Waals surface area contributed by atoms with Crippen molar-refractivity contribution < 1.29 is 27.8 Å². The van der Waals surface area contributed by atoms with Gasteiger partial charge in [0.1, 0.15) is 28.7 Å². The highest BCUT2D eigenvalue weighted by atomic mass is 19.1. The molecular formula is C28H28F2N6O5. The van der Waals surface area contributed by atoms with Crippen LogP contribution in [0.5, 0.6) is 5.75 Å². The Kier molecular flexibility index (Phi) is 7.97. The fourth-order valence-corrected chi connectivity index (χ4v) is 4.55. The molecule has 3 heterocycles. The molecule has 1 fully saturated rings. The van der Waals surface area contributed by atoms with Gasteiger partial charge in [-0.25, -0.2) is 23.2 Å². The van der Waals surface area contributed by atoms with Crippen LogP contribution < -0.4 is 20.9 Å². The zero-order chi connectivity index (χ0) is 29.1. The number of benzene rings is 1. The topological polar surface area (TPSA) is 120 Å². The number of amides is 3. The summed E-state index contributed by atoms with van der Waals surface area (Å²) in [6.45, 7) is 3.35. The predicted molar refractivity (Wildman–Crippen MR) is 145 cm³/mol. The smallest absolute Gasteiger partial charge is 0.323 e. The number of morpholine rings is 1. The summed E-state index contributed by atoms with van der Waals surface area (Å²) in [7, 11) is 1.63. The first-order valence-corrected chi connectivity index (χ1v) is 12.9. The molecule has 214 valence electrons. The standard InChI is InChI=1S/C28H28F2N6O5/c1-17-25(27(38)36(34(17)2)18-6-4-3-5-7-18)26(37)32-22-15-21(30)23(16-20(22)29)41-19-8-9-31-24(14-19)33-28(39)35-10-12-40-13-11-35/h3-9,14,16,21H,10-13,15H2,1-2H3,(H,32,37)(H,31,33,39). The summed E-state index contributed by atoms with van der Waals surface area (Å²) in [6.07, 6.45) is -0.102. The van der Waals surface area contributed by atoms with Gasteiger partial charge in [-0.3, -0.25) is 19.6 Å². The number of carbonyl (C=O) groups is 2. The van der Waals surface area contributed by atoms with E-state index in [1.54, 1.807) is 49.2 Å². The molecule has 2 aromatic heterocycles. The maximum atomic E-state index is 15.1. The van der Waals surface area contributed by atoms with Crippen molar-refractivity contribution in [2.24, 2.45) is 7.05 Å². The van der Waals surface area contributed by atoms with Gasteiger partial charge in [0, 0.05) is 44.9 Å². The van der Waals surface area contributed by atoms with Crippen molar-refractivity contribution in [3.05, 3.63) is 93.6 Å². The lowest BCUT2D eigenvalue weighted by Gasteiger charge is -2.26. The highest BCUT2D eigenvalue weighted by Crippen LogP contribution is 2.29. The van der Waals surface area contributed by atoms with E-state index in [0.29, 0.717) is 37.7 Å². The number of para-hydroxylation sites is 1. The van der Waals surface area contributed by atoms with Gasteiger partial charge < -0.3 is 19.7 Å². The number of ether oxygens (including phenoxy) is 2. The first-order valence-electron chi connectivity index (χ1n) is 12.9. The molecule has 2 aliphatic rings. The van der Waals surface area contributed by atoms with Crippen molar-refractivity contribution in [2.75, 3.05) is 31.6 Å². The molecule has 3 aromatic rings. The highest BCUT2D eigenvalue weighted by molar-refractivity contribution is 5.96. The molecule has 1 unspecified atom stereocenters. The minimum Gasteiger partial charge on any atom is -0.458 e. The zero-order valence-electron chi connectivity index (χ0n) is 22.4. The van der Waals surface area contributed by atoms with Gasteiger partial charge in [-0.05, 0) is 25.1 Å². The molecule has 0 spiro atoms. The van der Waals surface area contributed by atoms with Gasteiger partial charge in [-0.2, -0.15) is 0 Å². The number of nitrogens with one attached hydrogen (secondary N) is 2. The maximum absolute atomic E-state index is 15.1. The summed E-state index contributed by atoms with van der Waals surface area (Å²) >= 11 is 0. The van der Waals surface area contributed by atoms with E-state index in [-0.39, 0.29) is 34.6 Å². The number of hydrogen-bond donors (Lipinski definition) is 2. The van der Waals surface area contributed by atoms with Crippen LogP contribution >= 0.6 is 0 Å². The van der Waals surface area contributed by atoms with Crippen molar-refractivity contribution in [2.45, 2.75) is 19.5 Å². The van der Waals surface area contributed by atoms with Crippen molar-refractivity contribution >= 4 is 17.8 Å². The van der Waals surface area contributed by atoms with Crippen LogP contribution in [0.15, 0.2) is 76.8 Å². The Morgan fingerprint density at radius 2 is 1.85 bits per heavy atom. The van der Waals surface area contributed by atoms with E-state index in [0.717, 1.165) is 6.08 Å². The molecule has 1 atom stereocenters. The summed E-state index contributed by atoms with van der Waals surface area (Å²) in [6, 6.07) is 11.2. The predicted octanol–water partition coefficient (Wildman–Crippen LogP) is 3.36. The fourth-order valence-electron chi connectivity index (χ4n) is 4.55. The van der Waals surface area contributed by atoms with Crippen LogP contribution in [0.25, 0.3) is 5.69 Å². The largest absolute Gasteiger partial charge is 0.458 e. The van der Waals surface area contributed by atoms with Crippen molar-refractivity contribution in [3.63, 3.8) is 0 Å². The van der Waals surface area contributed by atoms with Crippen LogP contribution in [0.2, 0.25) is 0 Å². The quantitative estimate of drug-likeness (QED) is 0.472. The zero-order valence-corrected chi connectivity index (χ0v) is 22.4. The Hall–Kier alpha value is -4.78. The third kappa shape index (κ3) is 5.89. The van der Waals surface area contributed by atoms with Crippen molar-refractivity contribution in [1.29, 1.82) is 0 Å². The summed E-state index contributed by atoms with van der Waals surface area (Å²) in [5.41, 5.74) is -0.160. The van der Waals surface area contributed by atoms with Crippen molar-refractivity contribution in [3.8, 4) is 11.4 Å².